The summed E-state index contributed by atoms with van der Waals surface area (Å²) >= 11 is 14.9. The number of thioether (sulfide) groups is 1. The predicted molar refractivity (Wildman–Crippen MR) is 154 cm³/mol. The lowest BCUT2D eigenvalue weighted by molar-refractivity contribution is -0.119. The van der Waals surface area contributed by atoms with Gasteiger partial charge in [-0.25, -0.2) is 15.2 Å². The molecule has 0 aliphatic heterocycles. The van der Waals surface area contributed by atoms with Crippen LogP contribution in [0.1, 0.15) is 28.8 Å². The minimum absolute atomic E-state index is 0.0813. The van der Waals surface area contributed by atoms with Gasteiger partial charge >= 0.3 is 6.03 Å². The molecular formula is C26H23Cl2N5O3S2. The second-order valence-electron chi connectivity index (χ2n) is 8.75. The highest BCUT2D eigenvalue weighted by atomic mass is 35.5. The predicted octanol–water partition coefficient (Wildman–Crippen LogP) is 5.89. The number of anilines is 1. The summed E-state index contributed by atoms with van der Waals surface area (Å²) in [4.78, 5) is 45.3. The van der Waals surface area contributed by atoms with Crippen LogP contribution in [-0.4, -0.2) is 27.2 Å². The van der Waals surface area contributed by atoms with Crippen molar-refractivity contribution in [2.24, 2.45) is 0 Å². The molecule has 0 fully saturated rings. The molecule has 12 heteroatoms. The number of aromatic nitrogens is 2. The van der Waals surface area contributed by atoms with E-state index in [0.717, 1.165) is 48.6 Å². The molecule has 4 aromatic rings. The van der Waals surface area contributed by atoms with E-state index in [1.165, 1.54) is 9.44 Å². The first-order valence-corrected chi connectivity index (χ1v) is 14.4. The Morgan fingerprint density at radius 2 is 1.84 bits per heavy atom. The van der Waals surface area contributed by atoms with Gasteiger partial charge in [-0.3, -0.25) is 19.6 Å². The molecule has 3 N–H and O–H groups in total. The van der Waals surface area contributed by atoms with Gasteiger partial charge in [0, 0.05) is 9.90 Å². The Morgan fingerprint density at radius 1 is 1.08 bits per heavy atom. The second-order valence-corrected chi connectivity index (χ2v) is 11.6. The number of urea groups is 1. The van der Waals surface area contributed by atoms with E-state index in [0.29, 0.717) is 36.8 Å². The monoisotopic (exact) mass is 587 g/mol. The van der Waals surface area contributed by atoms with Crippen LogP contribution in [0.4, 0.5) is 10.5 Å². The highest BCUT2D eigenvalue weighted by molar-refractivity contribution is 7.99. The van der Waals surface area contributed by atoms with Crippen molar-refractivity contribution < 1.29 is 9.59 Å². The molecule has 38 heavy (non-hydrogen) atoms. The van der Waals surface area contributed by atoms with Crippen LogP contribution in [0.2, 0.25) is 10.0 Å². The van der Waals surface area contributed by atoms with Crippen molar-refractivity contribution in [3.05, 3.63) is 78.9 Å². The number of halogens is 2. The Labute approximate surface area is 236 Å². The molecule has 1 aliphatic rings. The fourth-order valence-corrected chi connectivity index (χ4v) is 6.84. The Bertz CT molecular complexity index is 1580. The van der Waals surface area contributed by atoms with Crippen molar-refractivity contribution in [3.8, 4) is 5.69 Å². The minimum Gasteiger partial charge on any atom is -0.305 e. The number of para-hydroxylation sites is 1. The van der Waals surface area contributed by atoms with Gasteiger partial charge in [0.05, 0.1) is 27.5 Å². The molecular weight excluding hydrogens is 565 g/mol. The maximum absolute atomic E-state index is 13.8. The van der Waals surface area contributed by atoms with E-state index in [1.807, 2.05) is 13.0 Å². The van der Waals surface area contributed by atoms with Crippen LogP contribution in [0.5, 0.6) is 0 Å². The van der Waals surface area contributed by atoms with Crippen molar-refractivity contribution >= 4 is 74.1 Å². The molecule has 0 bridgehead atoms. The third-order valence-corrected chi connectivity index (χ3v) is 8.84. The topological polar surface area (TPSA) is 105 Å². The number of thiophene rings is 1. The average Bonchev–Trinajstić information content (AvgIpc) is 3.28. The fourth-order valence-electron chi connectivity index (χ4n) is 4.33. The zero-order valence-corrected chi connectivity index (χ0v) is 23.4. The van der Waals surface area contributed by atoms with Crippen LogP contribution in [0, 0.1) is 6.92 Å². The summed E-state index contributed by atoms with van der Waals surface area (Å²) in [6, 6.07) is 11.5. The number of aryl methyl sites for hydroxylation is 3. The normalized spacial score (nSPS) is 12.7. The number of hydrazine groups is 1. The fraction of sp³-hybridized carbons (Fsp3) is 0.231. The number of fused-ring (bicyclic) bond motifs is 3. The number of nitrogens with zero attached hydrogens (tertiary/aromatic N) is 2. The number of hydrogen-bond acceptors (Lipinski definition) is 6. The quantitative estimate of drug-likeness (QED) is 0.153. The Kier molecular flexibility index (Phi) is 7.94. The molecule has 8 nitrogen and oxygen atoms in total. The summed E-state index contributed by atoms with van der Waals surface area (Å²) in [5, 5.41) is 4.60. The lowest BCUT2D eigenvalue weighted by Crippen LogP contribution is -2.44. The summed E-state index contributed by atoms with van der Waals surface area (Å²) < 4.78 is 1.53. The zero-order chi connectivity index (χ0) is 26.8. The van der Waals surface area contributed by atoms with Crippen LogP contribution < -0.4 is 21.7 Å². The summed E-state index contributed by atoms with van der Waals surface area (Å²) in [5.41, 5.74) is 7.48. The van der Waals surface area contributed by atoms with E-state index in [9.17, 15) is 14.4 Å². The highest BCUT2D eigenvalue weighted by Crippen LogP contribution is 2.35. The first-order valence-electron chi connectivity index (χ1n) is 11.9. The SMILES string of the molecule is Cc1cccc(Cl)c1NC(=O)NNC(=O)CSc1nc2sc3c(c2c(=O)n1-c1ccc(Cl)cc1)CCCC3. The number of benzene rings is 2. The number of hydrogen-bond donors (Lipinski definition) is 3. The van der Waals surface area contributed by atoms with Crippen LogP contribution in [0.15, 0.2) is 52.4 Å². The molecule has 3 amide bonds. The van der Waals surface area contributed by atoms with Crippen molar-refractivity contribution in [2.45, 2.75) is 37.8 Å². The van der Waals surface area contributed by atoms with Gasteiger partial charge in [-0.05, 0) is 74.1 Å². The second kappa shape index (κ2) is 11.4. The first-order chi connectivity index (χ1) is 18.3. The van der Waals surface area contributed by atoms with Crippen LogP contribution in [0.3, 0.4) is 0 Å². The number of carbonyl (C=O) groups is 2. The molecule has 1 aliphatic carbocycles. The lowest BCUT2D eigenvalue weighted by Gasteiger charge is -2.14. The van der Waals surface area contributed by atoms with Crippen molar-refractivity contribution in [1.29, 1.82) is 0 Å². The van der Waals surface area contributed by atoms with Crippen LogP contribution in [-0.2, 0) is 17.6 Å². The molecule has 0 spiro atoms. The summed E-state index contributed by atoms with van der Waals surface area (Å²) in [6.07, 6.45) is 3.96. The van der Waals surface area contributed by atoms with E-state index < -0.39 is 11.9 Å². The number of carbonyl (C=O) groups excluding carboxylic acids is 2. The van der Waals surface area contributed by atoms with Crippen LogP contribution in [0.25, 0.3) is 15.9 Å². The van der Waals surface area contributed by atoms with E-state index >= 15 is 0 Å². The highest BCUT2D eigenvalue weighted by Gasteiger charge is 2.23. The first kappa shape index (κ1) is 26.6. The molecule has 0 unspecified atom stereocenters. The van der Waals surface area contributed by atoms with E-state index in [-0.39, 0.29) is 11.3 Å². The van der Waals surface area contributed by atoms with Crippen molar-refractivity contribution in [3.63, 3.8) is 0 Å². The van der Waals surface area contributed by atoms with Crippen molar-refractivity contribution in [1.82, 2.24) is 20.4 Å². The third-order valence-electron chi connectivity index (χ3n) is 6.15. The largest absolute Gasteiger partial charge is 0.337 e. The van der Waals surface area contributed by atoms with Gasteiger partial charge in [0.15, 0.2) is 5.16 Å². The molecule has 0 saturated heterocycles. The summed E-state index contributed by atoms with van der Waals surface area (Å²) in [6.45, 7) is 1.81. The van der Waals surface area contributed by atoms with Gasteiger partial charge in [-0.1, -0.05) is 47.1 Å². The molecule has 196 valence electrons. The Morgan fingerprint density at radius 3 is 2.61 bits per heavy atom. The van der Waals surface area contributed by atoms with Crippen molar-refractivity contribution in [2.75, 3.05) is 11.1 Å². The lowest BCUT2D eigenvalue weighted by atomic mass is 9.97. The summed E-state index contributed by atoms with van der Waals surface area (Å²) in [5.74, 6) is -0.550. The molecule has 5 rings (SSSR count). The Hall–Kier alpha value is -3.05. The maximum Gasteiger partial charge on any atom is 0.337 e. The smallest absolute Gasteiger partial charge is 0.305 e. The number of amides is 3. The molecule has 2 aromatic carbocycles. The van der Waals surface area contributed by atoms with Gasteiger partial charge in [0.25, 0.3) is 5.56 Å². The van der Waals surface area contributed by atoms with Gasteiger partial charge < -0.3 is 5.32 Å². The molecule has 2 heterocycles. The number of nitrogens with one attached hydrogen (secondary N) is 3. The van der Waals surface area contributed by atoms with E-state index in [1.54, 1.807) is 47.7 Å². The average molecular weight is 589 g/mol. The van der Waals surface area contributed by atoms with Gasteiger partial charge in [-0.15, -0.1) is 11.3 Å². The molecule has 2 aromatic heterocycles. The molecule has 0 atom stereocenters. The maximum atomic E-state index is 13.8. The van der Waals surface area contributed by atoms with Gasteiger partial charge in [0.2, 0.25) is 5.91 Å². The molecule has 0 radical (unpaired) electrons. The standard InChI is InChI=1S/C26H23Cl2N5O3S2/c1-14-5-4-7-18(28)22(14)29-25(36)32-31-20(34)13-37-26-30-23-21(17-6-2-3-8-19(17)38-23)24(35)33(26)16-11-9-15(27)10-12-16/h4-5,7,9-12H,2-3,6,8,13H2,1H3,(H,31,34)(H2,29,32,36). The van der Waals surface area contributed by atoms with Crippen LogP contribution >= 0.6 is 46.3 Å². The summed E-state index contributed by atoms with van der Waals surface area (Å²) in [7, 11) is 0. The third kappa shape index (κ3) is 5.54. The zero-order valence-electron chi connectivity index (χ0n) is 20.3. The number of rotatable bonds is 5. The Balaban J connectivity index is 1.35. The van der Waals surface area contributed by atoms with E-state index in [2.05, 4.69) is 16.2 Å². The minimum atomic E-state index is -0.638. The van der Waals surface area contributed by atoms with E-state index in [4.69, 9.17) is 28.2 Å². The molecule has 0 saturated carbocycles. The van der Waals surface area contributed by atoms with Gasteiger partial charge in [0.1, 0.15) is 4.83 Å². The van der Waals surface area contributed by atoms with Gasteiger partial charge in [-0.2, -0.15) is 0 Å².